The number of hydrogen-bond donors (Lipinski definition) is 2. The van der Waals surface area contributed by atoms with E-state index in [0.717, 1.165) is 12.1 Å². The molecule has 1 aromatic carbocycles. The number of carboxylic acids is 1. The summed E-state index contributed by atoms with van der Waals surface area (Å²) in [4.78, 5) is 10.6. The van der Waals surface area contributed by atoms with Crippen LogP contribution < -0.4 is 10.1 Å². The number of benzene rings is 1. The van der Waals surface area contributed by atoms with Crippen LogP contribution in [0, 0.1) is 0 Å². The molecule has 0 fully saturated rings. The van der Waals surface area contributed by atoms with E-state index in [1.807, 2.05) is 0 Å². The number of nitrogens with zero attached hydrogens (tertiary/aromatic N) is 1. The van der Waals surface area contributed by atoms with Gasteiger partial charge in [0.25, 0.3) is 0 Å². The van der Waals surface area contributed by atoms with Crippen LogP contribution in [0.1, 0.15) is 16.2 Å². The van der Waals surface area contributed by atoms with E-state index in [4.69, 9.17) is 9.63 Å². The van der Waals surface area contributed by atoms with Crippen LogP contribution in [0.2, 0.25) is 0 Å². The van der Waals surface area contributed by atoms with Crippen LogP contribution in [0.15, 0.2) is 34.9 Å². The minimum absolute atomic E-state index is 0.139. The van der Waals surface area contributed by atoms with Gasteiger partial charge in [0.05, 0.1) is 6.54 Å². The molecule has 1 aromatic heterocycles. The van der Waals surface area contributed by atoms with Crippen LogP contribution in [-0.2, 0) is 6.54 Å². The number of aromatic carboxylic acids is 1. The molecule has 0 saturated carbocycles. The topological polar surface area (TPSA) is 84.6 Å². The zero-order valence-corrected chi connectivity index (χ0v) is 10.3. The zero-order chi connectivity index (χ0) is 15.5. The summed E-state index contributed by atoms with van der Waals surface area (Å²) in [6, 6.07) is 6.32. The van der Waals surface area contributed by atoms with Gasteiger partial charge in [-0.05, 0) is 24.3 Å². The number of halogens is 3. The minimum atomic E-state index is -4.73. The van der Waals surface area contributed by atoms with Crippen molar-refractivity contribution in [1.82, 2.24) is 5.16 Å². The van der Waals surface area contributed by atoms with Crippen molar-refractivity contribution in [2.45, 2.75) is 12.9 Å². The summed E-state index contributed by atoms with van der Waals surface area (Å²) in [6.07, 6.45) is -4.73. The molecule has 0 atom stereocenters. The van der Waals surface area contributed by atoms with Gasteiger partial charge in [-0.25, -0.2) is 4.79 Å². The Balaban J connectivity index is 1.92. The Kier molecular flexibility index (Phi) is 4.01. The second-order valence-electron chi connectivity index (χ2n) is 3.91. The maximum absolute atomic E-state index is 12.0. The summed E-state index contributed by atoms with van der Waals surface area (Å²) in [5, 5.41) is 14.8. The Morgan fingerprint density at radius 1 is 1.33 bits per heavy atom. The van der Waals surface area contributed by atoms with Gasteiger partial charge in [-0.15, -0.1) is 13.2 Å². The lowest BCUT2D eigenvalue weighted by molar-refractivity contribution is -0.274. The Bertz CT molecular complexity index is 622. The zero-order valence-electron chi connectivity index (χ0n) is 10.3. The van der Waals surface area contributed by atoms with Crippen molar-refractivity contribution in [1.29, 1.82) is 0 Å². The third-order valence-electron chi connectivity index (χ3n) is 2.33. The summed E-state index contributed by atoms with van der Waals surface area (Å²) >= 11 is 0. The van der Waals surface area contributed by atoms with Gasteiger partial charge < -0.3 is 19.7 Å². The van der Waals surface area contributed by atoms with Gasteiger partial charge in [0.15, 0.2) is 11.5 Å². The smallest absolute Gasteiger partial charge is 0.476 e. The molecule has 21 heavy (non-hydrogen) atoms. The van der Waals surface area contributed by atoms with Crippen molar-refractivity contribution in [3.63, 3.8) is 0 Å². The summed E-state index contributed by atoms with van der Waals surface area (Å²) in [6.45, 7) is 0.139. The standard InChI is InChI=1S/C12H9F3N2O4/c13-12(14,15)20-8-3-1-7(2-4-8)16-6-9-5-10(11(18)19)17-21-9/h1-5,16H,6H2,(H,18,19). The van der Waals surface area contributed by atoms with Crippen LogP contribution >= 0.6 is 0 Å². The number of alkyl halides is 3. The second-order valence-corrected chi connectivity index (χ2v) is 3.91. The van der Waals surface area contributed by atoms with Gasteiger partial charge in [-0.2, -0.15) is 0 Å². The first-order valence-electron chi connectivity index (χ1n) is 5.62. The van der Waals surface area contributed by atoms with Crippen LogP contribution in [0.5, 0.6) is 5.75 Å². The van der Waals surface area contributed by atoms with Crippen molar-refractivity contribution < 1.29 is 32.3 Å². The van der Waals surface area contributed by atoms with Gasteiger partial charge in [-0.3, -0.25) is 0 Å². The summed E-state index contributed by atoms with van der Waals surface area (Å²) in [7, 11) is 0. The predicted octanol–water partition coefficient (Wildman–Crippen LogP) is 2.88. The fourth-order valence-corrected chi connectivity index (χ4v) is 1.46. The summed E-state index contributed by atoms with van der Waals surface area (Å²) in [5.74, 6) is -1.26. The lowest BCUT2D eigenvalue weighted by Crippen LogP contribution is -2.17. The van der Waals surface area contributed by atoms with Crippen LogP contribution in [0.25, 0.3) is 0 Å². The van der Waals surface area contributed by atoms with E-state index in [0.29, 0.717) is 5.69 Å². The third kappa shape index (κ3) is 4.41. The maximum Gasteiger partial charge on any atom is 0.573 e. The van der Waals surface area contributed by atoms with Gasteiger partial charge in [0.1, 0.15) is 5.75 Å². The molecule has 0 bridgehead atoms. The Morgan fingerprint density at radius 2 is 2.00 bits per heavy atom. The summed E-state index contributed by atoms with van der Waals surface area (Å²) in [5.41, 5.74) is 0.290. The molecule has 6 nitrogen and oxygen atoms in total. The quantitative estimate of drug-likeness (QED) is 0.883. The van der Waals surface area contributed by atoms with Crippen molar-refractivity contribution >= 4 is 11.7 Å². The van der Waals surface area contributed by atoms with Crippen LogP contribution in [0.4, 0.5) is 18.9 Å². The highest BCUT2D eigenvalue weighted by molar-refractivity contribution is 5.85. The molecule has 9 heteroatoms. The Labute approximate surface area is 116 Å². The molecule has 2 N–H and O–H groups in total. The lowest BCUT2D eigenvalue weighted by atomic mass is 10.3. The molecular weight excluding hydrogens is 293 g/mol. The van der Waals surface area contributed by atoms with Gasteiger partial charge in [0.2, 0.25) is 0 Å². The number of carbonyl (C=O) groups is 1. The number of ether oxygens (including phenoxy) is 1. The first-order valence-corrected chi connectivity index (χ1v) is 5.62. The number of hydrogen-bond acceptors (Lipinski definition) is 5. The molecular formula is C12H9F3N2O4. The van der Waals surface area contributed by atoms with Gasteiger partial charge in [-0.1, -0.05) is 5.16 Å². The van der Waals surface area contributed by atoms with Crippen molar-refractivity contribution in [3.05, 3.63) is 41.8 Å². The average molecular weight is 302 g/mol. The number of nitrogens with one attached hydrogen (secondary N) is 1. The van der Waals surface area contributed by atoms with E-state index in [9.17, 15) is 18.0 Å². The third-order valence-corrected chi connectivity index (χ3v) is 2.33. The minimum Gasteiger partial charge on any atom is -0.476 e. The first kappa shape index (κ1) is 14.7. The number of aromatic nitrogens is 1. The highest BCUT2D eigenvalue weighted by Gasteiger charge is 2.30. The van der Waals surface area contributed by atoms with Gasteiger partial charge in [0, 0.05) is 11.8 Å². The largest absolute Gasteiger partial charge is 0.573 e. The Hall–Kier alpha value is -2.71. The summed E-state index contributed by atoms with van der Waals surface area (Å²) < 4.78 is 44.4. The molecule has 0 radical (unpaired) electrons. The molecule has 0 aliphatic carbocycles. The lowest BCUT2D eigenvalue weighted by Gasteiger charge is -2.09. The number of rotatable bonds is 5. The number of anilines is 1. The highest BCUT2D eigenvalue weighted by Crippen LogP contribution is 2.24. The van der Waals surface area contributed by atoms with Gasteiger partial charge >= 0.3 is 12.3 Å². The Morgan fingerprint density at radius 3 is 2.52 bits per heavy atom. The van der Waals surface area contributed by atoms with E-state index in [1.54, 1.807) is 0 Å². The van der Waals surface area contributed by atoms with Crippen molar-refractivity contribution in [2.24, 2.45) is 0 Å². The molecule has 0 saturated heterocycles. The van der Waals surface area contributed by atoms with E-state index in [-0.39, 0.29) is 23.7 Å². The first-order chi connectivity index (χ1) is 9.83. The predicted molar refractivity (Wildman–Crippen MR) is 63.9 cm³/mol. The fraction of sp³-hybridized carbons (Fsp3) is 0.167. The molecule has 1 heterocycles. The second kappa shape index (κ2) is 5.73. The van der Waals surface area contributed by atoms with Crippen LogP contribution in [-0.4, -0.2) is 22.6 Å². The van der Waals surface area contributed by atoms with E-state index in [1.165, 1.54) is 18.2 Å². The maximum atomic E-state index is 12.0. The average Bonchev–Trinajstić information content (AvgIpc) is 2.85. The normalized spacial score (nSPS) is 11.2. The number of carboxylic acid groups (broad SMARTS) is 1. The van der Waals surface area contributed by atoms with E-state index >= 15 is 0 Å². The molecule has 2 rings (SSSR count). The van der Waals surface area contributed by atoms with Crippen molar-refractivity contribution in [3.8, 4) is 5.75 Å². The molecule has 0 aliphatic heterocycles. The van der Waals surface area contributed by atoms with E-state index < -0.39 is 12.3 Å². The molecule has 112 valence electrons. The molecule has 0 unspecified atom stereocenters. The highest BCUT2D eigenvalue weighted by atomic mass is 19.4. The molecule has 0 amide bonds. The molecule has 2 aromatic rings. The van der Waals surface area contributed by atoms with E-state index in [2.05, 4.69) is 15.2 Å². The fourth-order valence-electron chi connectivity index (χ4n) is 1.46. The SMILES string of the molecule is O=C(O)c1cc(CNc2ccc(OC(F)(F)F)cc2)on1. The van der Waals surface area contributed by atoms with Crippen molar-refractivity contribution in [2.75, 3.05) is 5.32 Å². The molecule has 0 aliphatic rings. The monoisotopic (exact) mass is 302 g/mol. The molecule has 0 spiro atoms. The van der Waals surface area contributed by atoms with Crippen LogP contribution in [0.3, 0.4) is 0 Å².